The molecule has 0 spiro atoms. The molecule has 0 aliphatic rings. The fourth-order valence-electron chi connectivity index (χ4n) is 3.73. The van der Waals surface area contributed by atoms with Gasteiger partial charge in [0.25, 0.3) is 11.5 Å². The molecule has 0 aliphatic carbocycles. The topological polar surface area (TPSA) is 102 Å². The fourth-order valence-corrected chi connectivity index (χ4v) is 3.85. The van der Waals surface area contributed by atoms with E-state index < -0.39 is 0 Å². The second-order valence-electron chi connectivity index (χ2n) is 8.07. The Hall–Kier alpha value is -4.43. The maximum atomic E-state index is 12.9. The van der Waals surface area contributed by atoms with Gasteiger partial charge in [-0.2, -0.15) is 0 Å². The molecule has 0 fully saturated rings. The molecular weight excluding hydrogens is 478 g/mol. The van der Waals surface area contributed by atoms with Gasteiger partial charge in [-0.15, -0.1) is 0 Å². The maximum absolute atomic E-state index is 12.9. The minimum atomic E-state index is -0.299. The number of amides is 1. The van der Waals surface area contributed by atoms with Crippen LogP contribution in [-0.2, 0) is 13.2 Å². The van der Waals surface area contributed by atoms with Gasteiger partial charge in [-0.3, -0.25) is 9.59 Å². The lowest BCUT2D eigenvalue weighted by atomic mass is 10.2. The van der Waals surface area contributed by atoms with Crippen molar-refractivity contribution in [2.45, 2.75) is 13.2 Å². The van der Waals surface area contributed by atoms with E-state index in [2.05, 4.69) is 20.3 Å². The Balaban J connectivity index is 1.22. The van der Waals surface area contributed by atoms with E-state index in [9.17, 15) is 9.59 Å². The van der Waals surface area contributed by atoms with E-state index in [1.165, 1.54) is 10.6 Å². The van der Waals surface area contributed by atoms with Gasteiger partial charge < -0.3 is 19.6 Å². The first-order valence-electron chi connectivity index (χ1n) is 11.3. The highest BCUT2D eigenvalue weighted by Gasteiger charge is 2.15. The lowest BCUT2D eigenvalue weighted by Crippen LogP contribution is -2.30. The molecule has 0 saturated carbocycles. The normalized spacial score (nSPS) is 10.9. The number of halogens is 1. The Labute approximate surface area is 211 Å². The van der Waals surface area contributed by atoms with Crippen LogP contribution in [0.4, 0.5) is 0 Å². The summed E-state index contributed by atoms with van der Waals surface area (Å²) in [6.07, 6.45) is 3.21. The molecule has 8 nitrogen and oxygen atoms in total. The van der Waals surface area contributed by atoms with Gasteiger partial charge in [0.1, 0.15) is 23.7 Å². The lowest BCUT2D eigenvalue weighted by molar-refractivity contribution is 0.0953. The van der Waals surface area contributed by atoms with E-state index in [1.54, 1.807) is 36.7 Å². The molecule has 2 aromatic carbocycles. The number of aromatic amines is 1. The van der Waals surface area contributed by atoms with Gasteiger partial charge in [0.05, 0.1) is 5.56 Å². The zero-order valence-electron chi connectivity index (χ0n) is 19.1. The maximum Gasteiger partial charge on any atom is 0.254 e. The standard InChI is InChI=1S/C27H22ClN5O3/c28-20-8-6-19(7-9-20)25-31-24-22(10-12-29-26(24)32-25)27(35)30-13-15-33-14-11-21(16-23(33)34)36-17-18-4-2-1-3-5-18/h1-12,14,16H,13,15,17H2,(H,30,35)(H,29,31,32). The molecule has 0 atom stereocenters. The summed E-state index contributed by atoms with van der Waals surface area (Å²) in [4.78, 5) is 37.4. The van der Waals surface area contributed by atoms with Gasteiger partial charge in [-0.05, 0) is 42.0 Å². The van der Waals surface area contributed by atoms with Gasteiger partial charge in [-0.25, -0.2) is 9.97 Å². The van der Waals surface area contributed by atoms with Crippen molar-refractivity contribution in [3.8, 4) is 17.1 Å². The highest BCUT2D eigenvalue weighted by Crippen LogP contribution is 2.23. The van der Waals surface area contributed by atoms with Crippen LogP contribution in [0, 0.1) is 0 Å². The molecule has 1 amide bonds. The summed E-state index contributed by atoms with van der Waals surface area (Å²) in [6, 6.07) is 21.8. The molecule has 180 valence electrons. The van der Waals surface area contributed by atoms with Gasteiger partial charge >= 0.3 is 0 Å². The Bertz CT molecular complexity index is 1560. The number of hydrogen-bond acceptors (Lipinski definition) is 5. The van der Waals surface area contributed by atoms with Crippen molar-refractivity contribution in [3.63, 3.8) is 0 Å². The number of nitrogens with one attached hydrogen (secondary N) is 2. The Morgan fingerprint density at radius 2 is 1.86 bits per heavy atom. The molecule has 0 radical (unpaired) electrons. The molecule has 0 aliphatic heterocycles. The summed E-state index contributed by atoms with van der Waals surface area (Å²) in [5.41, 5.74) is 3.02. The van der Waals surface area contributed by atoms with E-state index in [0.29, 0.717) is 46.5 Å². The first-order chi connectivity index (χ1) is 17.6. The fraction of sp³-hybridized carbons (Fsp3) is 0.111. The zero-order valence-corrected chi connectivity index (χ0v) is 19.9. The molecule has 3 aromatic heterocycles. The predicted octanol–water partition coefficient (Wildman–Crippen LogP) is 4.45. The van der Waals surface area contributed by atoms with Crippen molar-refractivity contribution in [1.82, 2.24) is 24.8 Å². The summed E-state index contributed by atoms with van der Waals surface area (Å²) < 4.78 is 7.22. The second-order valence-corrected chi connectivity index (χ2v) is 8.51. The number of benzene rings is 2. The average molecular weight is 500 g/mol. The van der Waals surface area contributed by atoms with Gasteiger partial charge in [0, 0.05) is 42.1 Å². The number of rotatable bonds is 8. The van der Waals surface area contributed by atoms with Crippen molar-refractivity contribution in [1.29, 1.82) is 0 Å². The number of carbonyl (C=O) groups excluding carboxylic acids is 1. The molecule has 0 bridgehead atoms. The van der Waals surface area contributed by atoms with Crippen LogP contribution in [0.15, 0.2) is 90.0 Å². The van der Waals surface area contributed by atoms with E-state index in [-0.39, 0.29) is 18.0 Å². The molecule has 5 rings (SSSR count). The molecule has 36 heavy (non-hydrogen) atoms. The predicted molar refractivity (Wildman–Crippen MR) is 138 cm³/mol. The number of ether oxygens (including phenoxy) is 1. The Morgan fingerprint density at radius 1 is 1.06 bits per heavy atom. The molecule has 0 saturated heterocycles. The summed E-state index contributed by atoms with van der Waals surface area (Å²) in [5, 5.41) is 3.48. The molecule has 9 heteroatoms. The number of aromatic nitrogens is 4. The SMILES string of the molecule is O=C(NCCn1ccc(OCc2ccccc2)cc1=O)c1ccnc2[nH]c(-c3ccc(Cl)cc3)nc12. The van der Waals surface area contributed by atoms with Crippen molar-refractivity contribution < 1.29 is 9.53 Å². The quantitative estimate of drug-likeness (QED) is 0.328. The monoisotopic (exact) mass is 499 g/mol. The summed E-state index contributed by atoms with van der Waals surface area (Å²) in [6.45, 7) is 0.962. The van der Waals surface area contributed by atoms with E-state index in [0.717, 1.165) is 11.1 Å². The highest BCUT2D eigenvalue weighted by molar-refractivity contribution is 6.30. The summed E-state index contributed by atoms with van der Waals surface area (Å²) in [7, 11) is 0. The van der Waals surface area contributed by atoms with Crippen LogP contribution >= 0.6 is 11.6 Å². The first kappa shape index (κ1) is 23.3. The summed E-state index contributed by atoms with van der Waals surface area (Å²) in [5.74, 6) is 0.793. The third-order valence-corrected chi connectivity index (χ3v) is 5.85. The van der Waals surface area contributed by atoms with Crippen molar-refractivity contribution in [2.24, 2.45) is 0 Å². The minimum absolute atomic E-state index is 0.207. The molecular formula is C27H22ClN5O3. The second kappa shape index (κ2) is 10.5. The lowest BCUT2D eigenvalue weighted by Gasteiger charge is -2.10. The zero-order chi connectivity index (χ0) is 24.9. The van der Waals surface area contributed by atoms with Crippen molar-refractivity contribution in [3.05, 3.63) is 112 Å². The van der Waals surface area contributed by atoms with Crippen molar-refractivity contribution in [2.75, 3.05) is 6.54 Å². The van der Waals surface area contributed by atoms with Crippen LogP contribution in [0.2, 0.25) is 5.02 Å². The molecule has 2 N–H and O–H groups in total. The van der Waals surface area contributed by atoms with Crippen LogP contribution < -0.4 is 15.6 Å². The average Bonchev–Trinajstić information content (AvgIpc) is 3.34. The number of carbonyl (C=O) groups is 1. The smallest absolute Gasteiger partial charge is 0.254 e. The molecule has 3 heterocycles. The number of nitrogens with zero attached hydrogens (tertiary/aromatic N) is 3. The minimum Gasteiger partial charge on any atom is -0.489 e. The Kier molecular flexibility index (Phi) is 6.77. The van der Waals surface area contributed by atoms with Crippen LogP contribution in [0.25, 0.3) is 22.6 Å². The largest absolute Gasteiger partial charge is 0.489 e. The number of pyridine rings is 2. The van der Waals surface area contributed by atoms with E-state index >= 15 is 0 Å². The molecule has 0 unspecified atom stereocenters. The number of fused-ring (bicyclic) bond motifs is 1. The van der Waals surface area contributed by atoms with Gasteiger partial charge in [-0.1, -0.05) is 41.9 Å². The highest BCUT2D eigenvalue weighted by atomic mass is 35.5. The summed E-state index contributed by atoms with van der Waals surface area (Å²) >= 11 is 5.97. The van der Waals surface area contributed by atoms with Crippen LogP contribution in [0.1, 0.15) is 15.9 Å². The number of hydrogen-bond donors (Lipinski definition) is 2. The van der Waals surface area contributed by atoms with E-state index in [4.69, 9.17) is 16.3 Å². The van der Waals surface area contributed by atoms with E-state index in [1.807, 2.05) is 42.5 Å². The Morgan fingerprint density at radius 3 is 2.64 bits per heavy atom. The van der Waals surface area contributed by atoms with Crippen molar-refractivity contribution >= 4 is 28.7 Å². The van der Waals surface area contributed by atoms with Gasteiger partial charge in [0.15, 0.2) is 5.65 Å². The third kappa shape index (κ3) is 5.29. The first-order valence-corrected chi connectivity index (χ1v) is 11.7. The number of H-pyrrole nitrogens is 1. The van der Waals surface area contributed by atoms with Crippen LogP contribution in [0.3, 0.4) is 0 Å². The van der Waals surface area contributed by atoms with Crippen LogP contribution in [-0.4, -0.2) is 32.0 Å². The van der Waals surface area contributed by atoms with Gasteiger partial charge in [0.2, 0.25) is 0 Å². The van der Waals surface area contributed by atoms with Crippen LogP contribution in [0.5, 0.6) is 5.75 Å². The molecule has 5 aromatic rings. The third-order valence-electron chi connectivity index (χ3n) is 5.60. The number of imidazole rings is 1.